The summed E-state index contributed by atoms with van der Waals surface area (Å²) in [6, 6.07) is 6.71. The Morgan fingerprint density at radius 2 is 2.09 bits per heavy atom. The largest absolute Gasteiger partial charge is 0.206 e. The minimum atomic E-state index is -0.164. The molecule has 1 aromatic rings. The molecule has 0 amide bonds. The lowest BCUT2D eigenvalue weighted by atomic mass is 10.3. The Morgan fingerprint density at radius 1 is 1.36 bits per heavy atom. The van der Waals surface area contributed by atoms with Crippen LogP contribution in [0.4, 0.5) is 4.39 Å². The van der Waals surface area contributed by atoms with Crippen LogP contribution in [0.15, 0.2) is 29.2 Å². The number of alkyl halides is 1. The third-order valence-corrected chi connectivity index (χ3v) is 2.63. The molecule has 0 aliphatic rings. The van der Waals surface area contributed by atoms with Crippen LogP contribution < -0.4 is 0 Å². The molecule has 0 aliphatic carbocycles. The fraction of sp³-hybridized carbons (Fsp3) is 0.250. The van der Waals surface area contributed by atoms with E-state index < -0.39 is 0 Å². The van der Waals surface area contributed by atoms with Crippen LogP contribution in [0.25, 0.3) is 0 Å². The Kier molecular flexibility index (Phi) is 3.73. The smallest absolute Gasteiger partial charge is 0.136 e. The van der Waals surface area contributed by atoms with Gasteiger partial charge in [0.25, 0.3) is 0 Å². The van der Waals surface area contributed by atoms with Gasteiger partial charge in [-0.2, -0.15) is 0 Å². The average molecular weight is 191 g/mol. The molecule has 0 unspecified atom stereocenters. The van der Waals surface area contributed by atoms with Crippen molar-refractivity contribution in [1.82, 2.24) is 0 Å². The van der Waals surface area contributed by atoms with Crippen molar-refractivity contribution in [3.05, 3.63) is 30.1 Å². The molecule has 0 aromatic heterocycles. The van der Waals surface area contributed by atoms with Gasteiger partial charge in [-0.25, -0.2) is 4.39 Å². The molecule has 0 nitrogen and oxygen atoms in total. The van der Waals surface area contributed by atoms with E-state index in [2.05, 4.69) is 0 Å². The van der Waals surface area contributed by atoms with E-state index in [1.54, 1.807) is 12.1 Å². The number of benzene rings is 1. The Labute approximate surface area is 74.8 Å². The number of thioether (sulfide) groups is 1. The molecule has 0 spiro atoms. The van der Waals surface area contributed by atoms with E-state index in [0.29, 0.717) is 10.8 Å². The molecule has 1 aromatic carbocycles. The van der Waals surface area contributed by atoms with E-state index in [4.69, 9.17) is 11.6 Å². The van der Waals surface area contributed by atoms with Crippen LogP contribution in [0.3, 0.4) is 0 Å². The molecule has 3 heteroatoms. The van der Waals surface area contributed by atoms with Crippen LogP contribution in [-0.2, 0) is 0 Å². The fourth-order valence-electron chi connectivity index (χ4n) is 0.710. The molecule has 60 valence electrons. The molecule has 0 fully saturated rings. The number of rotatable bonds is 3. The van der Waals surface area contributed by atoms with Crippen LogP contribution in [0.5, 0.6) is 0 Å². The van der Waals surface area contributed by atoms with Gasteiger partial charge in [0, 0.05) is 16.5 Å². The number of halogens is 2. The third-order valence-electron chi connectivity index (χ3n) is 1.17. The molecule has 0 radical (unpaired) electrons. The van der Waals surface area contributed by atoms with Crippen molar-refractivity contribution in [3.63, 3.8) is 0 Å². The zero-order valence-electron chi connectivity index (χ0n) is 5.89. The summed E-state index contributed by atoms with van der Waals surface area (Å²) >= 11 is 6.90. The summed E-state index contributed by atoms with van der Waals surface area (Å²) in [5.74, 6) is 1.14. The minimum Gasteiger partial charge on any atom is -0.206 e. The predicted octanol–water partition coefficient (Wildman–Crippen LogP) is 3.16. The first kappa shape index (κ1) is 8.88. The van der Waals surface area contributed by atoms with E-state index >= 15 is 0 Å². The van der Waals surface area contributed by atoms with Crippen molar-refractivity contribution >= 4 is 23.4 Å². The van der Waals surface area contributed by atoms with Crippen LogP contribution >= 0.6 is 23.4 Å². The van der Waals surface area contributed by atoms with Gasteiger partial charge >= 0.3 is 0 Å². The normalized spacial score (nSPS) is 10.0. The van der Waals surface area contributed by atoms with Gasteiger partial charge < -0.3 is 0 Å². The van der Waals surface area contributed by atoms with Gasteiger partial charge in [-0.05, 0) is 12.1 Å². The van der Waals surface area contributed by atoms with Gasteiger partial charge in [0.05, 0.1) is 0 Å². The highest BCUT2D eigenvalue weighted by Crippen LogP contribution is 2.20. The van der Waals surface area contributed by atoms with E-state index in [1.165, 1.54) is 17.8 Å². The van der Waals surface area contributed by atoms with E-state index in [0.717, 1.165) is 5.75 Å². The van der Waals surface area contributed by atoms with Gasteiger partial charge in [0.15, 0.2) is 0 Å². The van der Waals surface area contributed by atoms with E-state index in [1.807, 2.05) is 6.07 Å². The van der Waals surface area contributed by atoms with Crippen LogP contribution in [0, 0.1) is 5.82 Å². The highest BCUT2D eigenvalue weighted by molar-refractivity contribution is 7.99. The second-order valence-electron chi connectivity index (χ2n) is 1.97. The van der Waals surface area contributed by atoms with Crippen molar-refractivity contribution in [2.24, 2.45) is 0 Å². The second kappa shape index (κ2) is 4.62. The first-order chi connectivity index (χ1) is 5.34. The lowest BCUT2D eigenvalue weighted by Crippen LogP contribution is -1.82. The molecule has 0 heterocycles. The molecule has 11 heavy (non-hydrogen) atoms. The SMILES string of the molecule is Fc1ccccc1SCCCl. The lowest BCUT2D eigenvalue weighted by molar-refractivity contribution is 0.602. The lowest BCUT2D eigenvalue weighted by Gasteiger charge is -1.98. The second-order valence-corrected chi connectivity index (χ2v) is 3.48. The standard InChI is InChI=1S/C8H8ClFS/c9-5-6-11-8-4-2-1-3-7(8)10/h1-4H,5-6H2. The Hall–Kier alpha value is -0.210. The molecule has 1 rings (SSSR count). The van der Waals surface area contributed by atoms with E-state index in [-0.39, 0.29) is 5.82 Å². The summed E-state index contributed by atoms with van der Waals surface area (Å²) in [5, 5.41) is 0. The van der Waals surface area contributed by atoms with Crippen molar-refractivity contribution in [3.8, 4) is 0 Å². The summed E-state index contributed by atoms with van der Waals surface area (Å²) in [4.78, 5) is 0.674. The zero-order chi connectivity index (χ0) is 8.10. The van der Waals surface area contributed by atoms with Crippen molar-refractivity contribution in [2.75, 3.05) is 11.6 Å². The van der Waals surface area contributed by atoms with Gasteiger partial charge in [0.1, 0.15) is 5.82 Å². The molecule has 0 saturated heterocycles. The van der Waals surface area contributed by atoms with Gasteiger partial charge in [-0.3, -0.25) is 0 Å². The molecule has 0 atom stereocenters. The molecule has 0 saturated carbocycles. The number of hydrogen-bond donors (Lipinski definition) is 0. The maximum Gasteiger partial charge on any atom is 0.136 e. The molecule has 0 bridgehead atoms. The topological polar surface area (TPSA) is 0 Å². The Morgan fingerprint density at radius 3 is 2.73 bits per heavy atom. The minimum absolute atomic E-state index is 0.164. The number of hydrogen-bond acceptors (Lipinski definition) is 1. The van der Waals surface area contributed by atoms with Crippen molar-refractivity contribution in [2.45, 2.75) is 4.90 Å². The molecular weight excluding hydrogens is 183 g/mol. The first-order valence-corrected chi connectivity index (χ1v) is 4.80. The van der Waals surface area contributed by atoms with Gasteiger partial charge in [-0.1, -0.05) is 12.1 Å². The first-order valence-electron chi connectivity index (χ1n) is 3.28. The highest BCUT2D eigenvalue weighted by Gasteiger charge is 1.98. The van der Waals surface area contributed by atoms with Crippen molar-refractivity contribution in [1.29, 1.82) is 0 Å². The Bertz CT molecular complexity index is 227. The highest BCUT2D eigenvalue weighted by atomic mass is 35.5. The average Bonchev–Trinajstić information content (AvgIpc) is 2.03. The zero-order valence-corrected chi connectivity index (χ0v) is 7.46. The maximum atomic E-state index is 12.8. The molecule has 0 N–H and O–H groups in total. The van der Waals surface area contributed by atoms with Crippen LogP contribution in [0.1, 0.15) is 0 Å². The van der Waals surface area contributed by atoms with Gasteiger partial charge in [-0.15, -0.1) is 23.4 Å². The predicted molar refractivity (Wildman–Crippen MR) is 47.8 cm³/mol. The van der Waals surface area contributed by atoms with Crippen LogP contribution in [-0.4, -0.2) is 11.6 Å². The fourth-order valence-corrected chi connectivity index (χ4v) is 1.62. The maximum absolute atomic E-state index is 12.8. The summed E-state index contributed by atoms with van der Waals surface area (Å²) in [5.41, 5.74) is 0. The summed E-state index contributed by atoms with van der Waals surface area (Å²) < 4.78 is 12.8. The summed E-state index contributed by atoms with van der Waals surface area (Å²) in [7, 11) is 0. The third kappa shape index (κ3) is 2.72. The van der Waals surface area contributed by atoms with E-state index in [9.17, 15) is 4.39 Å². The molecule has 0 aliphatic heterocycles. The monoisotopic (exact) mass is 190 g/mol. The summed E-state index contributed by atoms with van der Waals surface area (Å²) in [6.07, 6.45) is 0. The van der Waals surface area contributed by atoms with Gasteiger partial charge in [0.2, 0.25) is 0 Å². The van der Waals surface area contributed by atoms with Crippen molar-refractivity contribution < 1.29 is 4.39 Å². The summed E-state index contributed by atoms with van der Waals surface area (Å²) in [6.45, 7) is 0. The van der Waals surface area contributed by atoms with Crippen LogP contribution in [0.2, 0.25) is 0 Å². The Balaban J connectivity index is 2.62. The quantitative estimate of drug-likeness (QED) is 0.521. The molecular formula is C8H8ClFS.